The number of hydrogen-bond acceptors (Lipinski definition) is 11. The topological polar surface area (TPSA) is 186 Å². The van der Waals surface area contributed by atoms with Crippen LogP contribution in [-0.2, 0) is 38.7 Å². The molecule has 12 nitrogen and oxygen atoms in total. The Kier molecular flexibility index (Phi) is 39.9. The third-order valence-electron chi connectivity index (χ3n) is 11.9. The second kappa shape index (κ2) is 42.7. The predicted molar refractivity (Wildman–Crippen MR) is 266 cm³/mol. The average Bonchev–Trinajstić information content (AvgIpc) is 3.28. The molecule has 0 saturated carbocycles. The number of allylic oxidation sites excluding steroid dienone is 8. The third-order valence-corrected chi connectivity index (χ3v) is 12.7. The number of unbranched alkanes of at least 4 members (excludes halogenated alkanes) is 24. The van der Waals surface area contributed by atoms with Crippen LogP contribution < -0.4 is 0 Å². The summed E-state index contributed by atoms with van der Waals surface area (Å²) in [5.41, 5.74) is 0. The second-order valence-corrected chi connectivity index (χ2v) is 19.7. The lowest BCUT2D eigenvalue weighted by atomic mass is 10.00. The third kappa shape index (κ3) is 36.6. The van der Waals surface area contributed by atoms with Crippen LogP contribution in [0.5, 0.6) is 0 Å². The van der Waals surface area contributed by atoms with Crippen molar-refractivity contribution in [3.63, 3.8) is 0 Å². The lowest BCUT2D eigenvalue weighted by molar-refractivity contribution is -0.297. The minimum Gasteiger partial charge on any atom is -0.462 e. The summed E-state index contributed by atoms with van der Waals surface area (Å²) >= 11 is 0. The first kappa shape index (κ1) is 61.6. The molecule has 6 atom stereocenters. The SMILES string of the molecule is CC/C=C\C/C=C\C/C=C\C/C=C\CCCCC(=O)OC(COC(=O)CCCCCCCCCCCCCCCCCCCCCCCCC)COC1OC(CS(=O)(=O)O)C(O)C(O)C1O. The van der Waals surface area contributed by atoms with Crippen LogP contribution in [0.4, 0.5) is 0 Å². The lowest BCUT2D eigenvalue weighted by Crippen LogP contribution is -2.60. The fourth-order valence-corrected chi connectivity index (χ4v) is 8.60. The molecule has 0 aliphatic carbocycles. The molecule has 1 aliphatic heterocycles. The highest BCUT2D eigenvalue weighted by molar-refractivity contribution is 7.85. The zero-order valence-electron chi connectivity index (χ0n) is 41.3. The van der Waals surface area contributed by atoms with Gasteiger partial charge in [-0.3, -0.25) is 14.1 Å². The van der Waals surface area contributed by atoms with Gasteiger partial charge in [-0.2, -0.15) is 8.42 Å². The quantitative estimate of drug-likeness (QED) is 0.0196. The summed E-state index contributed by atoms with van der Waals surface area (Å²) in [6.45, 7) is 3.64. The van der Waals surface area contributed by atoms with E-state index < -0.39 is 71.2 Å². The fraction of sp³-hybridized carbons (Fsp3) is 0.811. The maximum atomic E-state index is 12.8. The summed E-state index contributed by atoms with van der Waals surface area (Å²) in [6.07, 6.45) is 43.1. The molecule has 1 aliphatic rings. The molecule has 1 saturated heterocycles. The fourth-order valence-electron chi connectivity index (χ4n) is 7.90. The number of aliphatic hydroxyl groups is 3. The van der Waals surface area contributed by atoms with E-state index in [0.29, 0.717) is 12.8 Å². The Morgan fingerprint density at radius 1 is 0.530 bits per heavy atom. The largest absolute Gasteiger partial charge is 0.462 e. The van der Waals surface area contributed by atoms with Crippen molar-refractivity contribution in [2.24, 2.45) is 0 Å². The molecule has 13 heteroatoms. The van der Waals surface area contributed by atoms with Gasteiger partial charge in [-0.1, -0.05) is 204 Å². The molecule has 0 amide bonds. The van der Waals surface area contributed by atoms with E-state index in [1.165, 1.54) is 122 Å². The molecule has 0 aromatic rings. The Bertz CT molecular complexity index is 1400. The van der Waals surface area contributed by atoms with Gasteiger partial charge in [0.15, 0.2) is 12.4 Å². The molecule has 6 unspecified atom stereocenters. The predicted octanol–water partition coefficient (Wildman–Crippen LogP) is 11.9. The zero-order valence-corrected chi connectivity index (χ0v) is 42.1. The van der Waals surface area contributed by atoms with Crippen LogP contribution in [-0.4, -0.2) is 96.0 Å². The number of ether oxygens (including phenoxy) is 4. The van der Waals surface area contributed by atoms with E-state index in [2.05, 4.69) is 62.5 Å². The minimum absolute atomic E-state index is 0.112. The van der Waals surface area contributed by atoms with Crippen molar-refractivity contribution in [1.29, 1.82) is 0 Å². The maximum absolute atomic E-state index is 12.8. The maximum Gasteiger partial charge on any atom is 0.306 e. The molecule has 0 spiro atoms. The van der Waals surface area contributed by atoms with E-state index in [-0.39, 0.29) is 19.4 Å². The van der Waals surface area contributed by atoms with Gasteiger partial charge < -0.3 is 34.3 Å². The highest BCUT2D eigenvalue weighted by Crippen LogP contribution is 2.24. The molecule has 0 aromatic heterocycles. The van der Waals surface area contributed by atoms with E-state index in [1.54, 1.807) is 0 Å². The summed E-state index contributed by atoms with van der Waals surface area (Å²) in [5.74, 6) is -2.03. The normalized spacial score (nSPS) is 19.8. The van der Waals surface area contributed by atoms with Crippen molar-refractivity contribution in [3.8, 4) is 0 Å². The molecular formula is C53H94O12S. The van der Waals surface area contributed by atoms with E-state index in [4.69, 9.17) is 18.9 Å². The molecule has 0 radical (unpaired) electrons. The first-order chi connectivity index (χ1) is 32.0. The van der Waals surface area contributed by atoms with Gasteiger partial charge in [0, 0.05) is 12.8 Å². The van der Waals surface area contributed by atoms with Gasteiger partial charge in [0.2, 0.25) is 0 Å². The molecule has 4 N–H and O–H groups in total. The Hall–Kier alpha value is -2.39. The van der Waals surface area contributed by atoms with E-state index >= 15 is 0 Å². The van der Waals surface area contributed by atoms with Crippen LogP contribution in [0.25, 0.3) is 0 Å². The molecule has 384 valence electrons. The van der Waals surface area contributed by atoms with Gasteiger partial charge in [-0.05, 0) is 51.4 Å². The Morgan fingerprint density at radius 2 is 0.955 bits per heavy atom. The summed E-state index contributed by atoms with van der Waals surface area (Å²) in [5, 5.41) is 31.0. The van der Waals surface area contributed by atoms with Gasteiger partial charge in [-0.25, -0.2) is 0 Å². The number of rotatable bonds is 44. The van der Waals surface area contributed by atoms with Crippen LogP contribution in [0.15, 0.2) is 48.6 Å². The van der Waals surface area contributed by atoms with Crippen molar-refractivity contribution in [1.82, 2.24) is 0 Å². The Morgan fingerprint density at radius 3 is 1.42 bits per heavy atom. The summed E-state index contributed by atoms with van der Waals surface area (Å²) in [4.78, 5) is 25.5. The van der Waals surface area contributed by atoms with Crippen molar-refractivity contribution in [2.45, 2.75) is 256 Å². The highest BCUT2D eigenvalue weighted by atomic mass is 32.2. The standard InChI is InChI=1S/C53H94O12S/c1-3-5-7-9-11-13-15-17-19-20-21-22-23-24-25-26-28-29-31-33-35-37-39-41-48(54)62-43-46(44-63-53-52(58)51(57)50(56)47(65-53)45-66(59,60)61)64-49(55)42-40-38-36-34-32-30-27-18-16-14-12-10-8-6-4-2/h6,8,12,14,18,27,32,34,46-47,50-53,56-58H,3-5,7,9-11,13,15-17,19-26,28-31,33,35-45H2,1-2H3,(H,59,60,61)/b8-6-,14-12-,27-18-,34-32-. The van der Waals surface area contributed by atoms with Gasteiger partial charge in [0.1, 0.15) is 36.8 Å². The Balaban J connectivity index is 2.34. The number of aliphatic hydroxyl groups excluding tert-OH is 3. The van der Waals surface area contributed by atoms with Gasteiger partial charge >= 0.3 is 11.9 Å². The van der Waals surface area contributed by atoms with Crippen LogP contribution in [0.2, 0.25) is 0 Å². The van der Waals surface area contributed by atoms with E-state index in [9.17, 15) is 37.9 Å². The van der Waals surface area contributed by atoms with Crippen molar-refractivity contribution in [2.75, 3.05) is 19.0 Å². The van der Waals surface area contributed by atoms with Crippen molar-refractivity contribution >= 4 is 22.1 Å². The number of carbonyl (C=O) groups is 2. The molecule has 0 aromatic carbocycles. The first-order valence-electron chi connectivity index (χ1n) is 26.2. The van der Waals surface area contributed by atoms with E-state index in [1.807, 2.05) is 0 Å². The zero-order chi connectivity index (χ0) is 48.4. The minimum atomic E-state index is -4.61. The number of esters is 2. The average molecular weight is 955 g/mol. The summed E-state index contributed by atoms with van der Waals surface area (Å²) in [6, 6.07) is 0. The van der Waals surface area contributed by atoms with Crippen molar-refractivity contribution in [3.05, 3.63) is 48.6 Å². The molecule has 1 rings (SSSR count). The lowest BCUT2D eigenvalue weighted by Gasteiger charge is -2.40. The molecule has 66 heavy (non-hydrogen) atoms. The summed E-state index contributed by atoms with van der Waals surface area (Å²) < 4.78 is 54.2. The van der Waals surface area contributed by atoms with Crippen molar-refractivity contribution < 1.29 is 56.8 Å². The molecule has 1 heterocycles. The van der Waals surface area contributed by atoms with E-state index in [0.717, 1.165) is 57.8 Å². The van der Waals surface area contributed by atoms with Gasteiger partial charge in [-0.15, -0.1) is 0 Å². The molecule has 0 bridgehead atoms. The smallest absolute Gasteiger partial charge is 0.306 e. The highest BCUT2D eigenvalue weighted by Gasteiger charge is 2.46. The second-order valence-electron chi connectivity index (χ2n) is 18.2. The van der Waals surface area contributed by atoms with Gasteiger partial charge in [0.25, 0.3) is 10.1 Å². The van der Waals surface area contributed by atoms with Crippen LogP contribution in [0.3, 0.4) is 0 Å². The van der Waals surface area contributed by atoms with Crippen LogP contribution in [0.1, 0.15) is 219 Å². The summed E-state index contributed by atoms with van der Waals surface area (Å²) in [7, 11) is -4.61. The van der Waals surface area contributed by atoms with Gasteiger partial charge in [0.05, 0.1) is 6.61 Å². The monoisotopic (exact) mass is 955 g/mol. The first-order valence-corrected chi connectivity index (χ1v) is 27.8. The molecular weight excluding hydrogens is 861 g/mol. The van der Waals surface area contributed by atoms with Crippen LogP contribution in [0, 0.1) is 0 Å². The molecule has 1 fully saturated rings. The van der Waals surface area contributed by atoms with Crippen LogP contribution >= 0.6 is 0 Å². The Labute approximate surface area is 401 Å². The number of hydrogen-bond donors (Lipinski definition) is 4. The number of carbonyl (C=O) groups excluding carboxylic acids is 2.